The lowest BCUT2D eigenvalue weighted by atomic mass is 10.2. The molecule has 70 valence electrons. The van der Waals surface area contributed by atoms with Crippen LogP contribution in [0, 0.1) is 6.61 Å². The molecule has 0 fully saturated rings. The van der Waals surface area contributed by atoms with Crippen molar-refractivity contribution in [3.05, 3.63) is 30.4 Å². The van der Waals surface area contributed by atoms with E-state index < -0.39 is 0 Å². The molecule has 0 bridgehead atoms. The Kier molecular flexibility index (Phi) is 3.58. The summed E-state index contributed by atoms with van der Waals surface area (Å²) in [5.41, 5.74) is 0.740. The van der Waals surface area contributed by atoms with Gasteiger partial charge in [0.25, 0.3) is 0 Å². The molecule has 0 atom stereocenters. The van der Waals surface area contributed by atoms with E-state index in [1.54, 1.807) is 21.3 Å². The van der Waals surface area contributed by atoms with Gasteiger partial charge >= 0.3 is 0 Å². The Morgan fingerprint density at radius 1 is 1.08 bits per heavy atom. The van der Waals surface area contributed by atoms with Crippen LogP contribution in [0.15, 0.2) is 18.2 Å². The summed E-state index contributed by atoms with van der Waals surface area (Å²) in [5, 5.41) is 0. The predicted molar refractivity (Wildman–Crippen MR) is 48.9 cm³/mol. The molecule has 0 saturated carbocycles. The highest BCUT2D eigenvalue weighted by Crippen LogP contribution is 2.31. The van der Waals surface area contributed by atoms with Crippen LogP contribution in [0.25, 0.3) is 0 Å². The van der Waals surface area contributed by atoms with Crippen molar-refractivity contribution in [1.29, 1.82) is 0 Å². The summed E-state index contributed by atoms with van der Waals surface area (Å²) in [6.45, 7) is 2.70. The van der Waals surface area contributed by atoms with Crippen molar-refractivity contribution < 1.29 is 14.2 Å². The molecule has 0 aliphatic carbocycles. The van der Waals surface area contributed by atoms with Gasteiger partial charge in [-0.25, -0.2) is 0 Å². The van der Waals surface area contributed by atoms with Crippen LogP contribution < -0.4 is 9.47 Å². The SMILES string of the molecule is CO[C]c1cccc(OC)c1OC. The van der Waals surface area contributed by atoms with Crippen molar-refractivity contribution in [3.8, 4) is 11.5 Å². The Hall–Kier alpha value is -1.22. The van der Waals surface area contributed by atoms with Gasteiger partial charge in [0.1, 0.15) is 0 Å². The number of methoxy groups -OCH3 is 3. The topological polar surface area (TPSA) is 27.7 Å². The number of hydrogen-bond donors (Lipinski definition) is 0. The number of benzene rings is 1. The Bertz CT molecular complexity index is 271. The maximum atomic E-state index is 5.15. The zero-order valence-electron chi connectivity index (χ0n) is 7.96. The van der Waals surface area contributed by atoms with Crippen LogP contribution in [0.1, 0.15) is 5.56 Å². The molecule has 13 heavy (non-hydrogen) atoms. The van der Waals surface area contributed by atoms with Crippen LogP contribution in [0.2, 0.25) is 0 Å². The van der Waals surface area contributed by atoms with Crippen LogP contribution in [-0.2, 0) is 4.74 Å². The normalized spacial score (nSPS) is 9.77. The Morgan fingerprint density at radius 3 is 2.38 bits per heavy atom. The van der Waals surface area contributed by atoms with E-state index in [0.29, 0.717) is 11.5 Å². The van der Waals surface area contributed by atoms with Gasteiger partial charge in [-0.1, -0.05) is 12.1 Å². The van der Waals surface area contributed by atoms with Crippen LogP contribution >= 0.6 is 0 Å². The van der Waals surface area contributed by atoms with Crippen LogP contribution in [-0.4, -0.2) is 21.3 Å². The van der Waals surface area contributed by atoms with Gasteiger partial charge < -0.3 is 14.2 Å². The Labute approximate surface area is 78.2 Å². The standard InChI is InChI=1S/C10H12O3/c1-11-7-8-5-4-6-9(12-2)10(8)13-3/h4-6H,1-3H3. The van der Waals surface area contributed by atoms with Gasteiger partial charge in [0.05, 0.1) is 14.2 Å². The lowest BCUT2D eigenvalue weighted by molar-refractivity contribution is 0.285. The van der Waals surface area contributed by atoms with Crippen molar-refractivity contribution >= 4 is 0 Å². The van der Waals surface area contributed by atoms with Gasteiger partial charge in [-0.15, -0.1) is 0 Å². The first-order chi connectivity index (χ1) is 6.33. The highest BCUT2D eigenvalue weighted by atomic mass is 16.5. The molecule has 0 unspecified atom stereocenters. The van der Waals surface area contributed by atoms with E-state index in [1.807, 2.05) is 18.2 Å². The minimum atomic E-state index is 0.631. The zero-order chi connectivity index (χ0) is 9.68. The van der Waals surface area contributed by atoms with Gasteiger partial charge in [0.2, 0.25) is 0 Å². The number of ether oxygens (including phenoxy) is 3. The maximum absolute atomic E-state index is 5.15. The van der Waals surface area contributed by atoms with E-state index >= 15 is 0 Å². The van der Waals surface area contributed by atoms with Gasteiger partial charge in [-0.3, -0.25) is 0 Å². The second kappa shape index (κ2) is 4.72. The fourth-order valence-electron chi connectivity index (χ4n) is 1.08. The molecule has 2 radical (unpaired) electrons. The molecule has 0 aromatic heterocycles. The lowest BCUT2D eigenvalue weighted by Gasteiger charge is -2.10. The molecular weight excluding hydrogens is 168 g/mol. The van der Waals surface area contributed by atoms with Crippen molar-refractivity contribution in [3.63, 3.8) is 0 Å². The Balaban J connectivity index is 3.03. The van der Waals surface area contributed by atoms with Crippen LogP contribution in [0.5, 0.6) is 11.5 Å². The third-order valence-corrected chi connectivity index (χ3v) is 1.61. The first-order valence-corrected chi connectivity index (χ1v) is 3.83. The van der Waals surface area contributed by atoms with Gasteiger partial charge in [-0.05, 0) is 6.07 Å². The third kappa shape index (κ3) is 2.12. The molecule has 1 aromatic rings. The van der Waals surface area contributed by atoms with E-state index in [-0.39, 0.29) is 0 Å². The van der Waals surface area contributed by atoms with E-state index in [0.717, 1.165) is 5.56 Å². The first-order valence-electron chi connectivity index (χ1n) is 3.83. The molecule has 0 saturated heterocycles. The van der Waals surface area contributed by atoms with E-state index in [1.165, 1.54) is 0 Å². The maximum Gasteiger partial charge on any atom is 0.169 e. The number of hydrogen-bond acceptors (Lipinski definition) is 3. The molecule has 3 heteroatoms. The summed E-state index contributed by atoms with van der Waals surface area (Å²) in [6, 6.07) is 5.51. The van der Waals surface area contributed by atoms with Gasteiger partial charge in [0.15, 0.2) is 18.1 Å². The zero-order valence-corrected chi connectivity index (χ0v) is 7.96. The molecule has 3 nitrogen and oxygen atoms in total. The molecule has 1 aromatic carbocycles. The highest BCUT2D eigenvalue weighted by molar-refractivity contribution is 5.48. The number of rotatable bonds is 4. The van der Waals surface area contributed by atoms with E-state index in [9.17, 15) is 0 Å². The molecule has 0 spiro atoms. The first kappa shape index (κ1) is 9.86. The number of para-hydroxylation sites is 1. The summed E-state index contributed by atoms with van der Waals surface area (Å²) in [6.07, 6.45) is 0. The van der Waals surface area contributed by atoms with Crippen molar-refractivity contribution in [1.82, 2.24) is 0 Å². The smallest absolute Gasteiger partial charge is 0.169 e. The lowest BCUT2D eigenvalue weighted by Crippen LogP contribution is -1.95. The summed E-state index contributed by atoms with van der Waals surface area (Å²) in [4.78, 5) is 0. The molecule has 0 aliphatic heterocycles. The largest absolute Gasteiger partial charge is 0.493 e. The molecule has 0 N–H and O–H groups in total. The molecule has 0 aliphatic rings. The molecular formula is C10H12O3. The van der Waals surface area contributed by atoms with Gasteiger partial charge in [-0.2, -0.15) is 0 Å². The minimum Gasteiger partial charge on any atom is -0.493 e. The second-order valence-corrected chi connectivity index (χ2v) is 2.35. The fraction of sp³-hybridized carbons (Fsp3) is 0.300. The summed E-state index contributed by atoms with van der Waals surface area (Å²) < 4.78 is 15.0. The predicted octanol–water partition coefficient (Wildman–Crippen LogP) is 1.74. The fourth-order valence-corrected chi connectivity index (χ4v) is 1.08. The van der Waals surface area contributed by atoms with Crippen molar-refractivity contribution in [2.75, 3.05) is 21.3 Å². The quantitative estimate of drug-likeness (QED) is 0.706. The molecule has 0 amide bonds. The Morgan fingerprint density at radius 2 is 1.85 bits per heavy atom. The van der Waals surface area contributed by atoms with Crippen molar-refractivity contribution in [2.45, 2.75) is 0 Å². The average molecular weight is 180 g/mol. The van der Waals surface area contributed by atoms with Crippen LogP contribution in [0.4, 0.5) is 0 Å². The average Bonchev–Trinajstić information content (AvgIpc) is 2.18. The van der Waals surface area contributed by atoms with E-state index in [2.05, 4.69) is 6.61 Å². The summed E-state index contributed by atoms with van der Waals surface area (Å²) >= 11 is 0. The van der Waals surface area contributed by atoms with Crippen LogP contribution in [0.3, 0.4) is 0 Å². The third-order valence-electron chi connectivity index (χ3n) is 1.61. The summed E-state index contributed by atoms with van der Waals surface area (Å²) in [5.74, 6) is 1.30. The minimum absolute atomic E-state index is 0.631. The highest BCUT2D eigenvalue weighted by Gasteiger charge is 2.09. The summed E-state index contributed by atoms with van der Waals surface area (Å²) in [7, 11) is 4.71. The second-order valence-electron chi connectivity index (χ2n) is 2.35. The van der Waals surface area contributed by atoms with Gasteiger partial charge in [0, 0.05) is 12.7 Å². The molecule has 0 heterocycles. The molecule has 1 rings (SSSR count). The monoisotopic (exact) mass is 180 g/mol. The van der Waals surface area contributed by atoms with Crippen molar-refractivity contribution in [2.24, 2.45) is 0 Å². The van der Waals surface area contributed by atoms with E-state index in [4.69, 9.17) is 14.2 Å².